The number of aliphatic hydroxyl groups excluding tert-OH is 1. The van der Waals surface area contributed by atoms with Gasteiger partial charge in [-0.15, -0.1) is 0 Å². The monoisotopic (exact) mass is 187 g/mol. The van der Waals surface area contributed by atoms with Crippen molar-refractivity contribution in [3.05, 3.63) is 0 Å². The Morgan fingerprint density at radius 2 is 2.15 bits per heavy atom. The molecule has 1 fully saturated rings. The molecule has 1 saturated heterocycles. The Hall–Kier alpha value is -1.10. The molecule has 2 atom stereocenters. The van der Waals surface area contributed by atoms with Crippen LogP contribution in [0, 0.1) is 0 Å². The number of carboxylic acids is 1. The molecule has 0 bridgehead atoms. The van der Waals surface area contributed by atoms with Gasteiger partial charge in [0.25, 0.3) is 0 Å². The fraction of sp³-hybridized carbons (Fsp3) is 0.750. The van der Waals surface area contributed by atoms with Crippen LogP contribution in [0.5, 0.6) is 0 Å². The first-order chi connectivity index (χ1) is 6.06. The van der Waals surface area contributed by atoms with Crippen LogP contribution < -0.4 is 0 Å². The SMILES string of the molecule is CCC(=O)N1CC(O)C[C@@H]1C(=O)O. The van der Waals surface area contributed by atoms with Gasteiger partial charge in [0.15, 0.2) is 0 Å². The molecule has 0 radical (unpaired) electrons. The average molecular weight is 187 g/mol. The zero-order valence-electron chi connectivity index (χ0n) is 7.43. The van der Waals surface area contributed by atoms with E-state index in [0.717, 1.165) is 0 Å². The lowest BCUT2D eigenvalue weighted by Gasteiger charge is -2.19. The number of aliphatic hydroxyl groups is 1. The van der Waals surface area contributed by atoms with Crippen molar-refractivity contribution in [3.8, 4) is 0 Å². The summed E-state index contributed by atoms with van der Waals surface area (Å²) >= 11 is 0. The van der Waals surface area contributed by atoms with Gasteiger partial charge >= 0.3 is 5.97 Å². The average Bonchev–Trinajstić information content (AvgIpc) is 2.46. The van der Waals surface area contributed by atoms with Gasteiger partial charge in [-0.05, 0) is 0 Å². The highest BCUT2D eigenvalue weighted by molar-refractivity contribution is 5.84. The van der Waals surface area contributed by atoms with Crippen molar-refractivity contribution in [2.45, 2.75) is 31.9 Å². The Bertz CT molecular complexity index is 228. The molecule has 0 aromatic heterocycles. The number of carboxylic acid groups (broad SMARTS) is 1. The predicted molar refractivity (Wildman–Crippen MR) is 44.1 cm³/mol. The summed E-state index contributed by atoms with van der Waals surface area (Å²) in [6.45, 7) is 1.82. The smallest absolute Gasteiger partial charge is 0.326 e. The fourth-order valence-electron chi connectivity index (χ4n) is 1.53. The summed E-state index contributed by atoms with van der Waals surface area (Å²) in [6.07, 6.45) is -0.283. The Kier molecular flexibility index (Phi) is 2.87. The van der Waals surface area contributed by atoms with Gasteiger partial charge in [0, 0.05) is 19.4 Å². The van der Waals surface area contributed by atoms with Gasteiger partial charge in [0.05, 0.1) is 6.10 Å². The molecule has 1 amide bonds. The van der Waals surface area contributed by atoms with Crippen LogP contribution in [0.2, 0.25) is 0 Å². The van der Waals surface area contributed by atoms with Crippen molar-refractivity contribution in [3.63, 3.8) is 0 Å². The topological polar surface area (TPSA) is 77.8 Å². The number of carbonyl (C=O) groups excluding carboxylic acids is 1. The first kappa shape index (κ1) is 9.98. The highest BCUT2D eigenvalue weighted by Gasteiger charge is 2.37. The number of nitrogens with zero attached hydrogens (tertiary/aromatic N) is 1. The zero-order valence-corrected chi connectivity index (χ0v) is 7.43. The molecule has 0 aromatic rings. The minimum atomic E-state index is -1.04. The maximum atomic E-state index is 11.2. The van der Waals surface area contributed by atoms with Crippen molar-refractivity contribution in [1.29, 1.82) is 0 Å². The zero-order chi connectivity index (χ0) is 10.0. The van der Waals surface area contributed by atoms with Gasteiger partial charge in [-0.3, -0.25) is 4.79 Å². The molecule has 2 N–H and O–H groups in total. The number of carbonyl (C=O) groups is 2. The van der Waals surface area contributed by atoms with Gasteiger partial charge in [-0.2, -0.15) is 0 Å². The van der Waals surface area contributed by atoms with E-state index in [4.69, 9.17) is 5.11 Å². The van der Waals surface area contributed by atoms with Crippen molar-refractivity contribution in [1.82, 2.24) is 4.90 Å². The van der Waals surface area contributed by atoms with Crippen molar-refractivity contribution in [2.24, 2.45) is 0 Å². The van der Waals surface area contributed by atoms with Gasteiger partial charge in [0.1, 0.15) is 6.04 Å². The van der Waals surface area contributed by atoms with E-state index in [9.17, 15) is 14.7 Å². The second-order valence-corrected chi connectivity index (χ2v) is 3.14. The van der Waals surface area contributed by atoms with Crippen LogP contribution in [0.15, 0.2) is 0 Å². The summed E-state index contributed by atoms with van der Waals surface area (Å²) in [5.74, 6) is -1.26. The third kappa shape index (κ3) is 1.98. The molecule has 0 aromatic carbocycles. The van der Waals surface area contributed by atoms with Crippen LogP contribution >= 0.6 is 0 Å². The van der Waals surface area contributed by atoms with E-state index in [2.05, 4.69) is 0 Å². The molecule has 13 heavy (non-hydrogen) atoms. The minimum Gasteiger partial charge on any atom is -0.480 e. The molecule has 5 heteroatoms. The van der Waals surface area contributed by atoms with Crippen LogP contribution in [-0.2, 0) is 9.59 Å². The molecule has 1 heterocycles. The normalized spacial score (nSPS) is 27.7. The Balaban J connectivity index is 2.71. The lowest BCUT2D eigenvalue weighted by molar-refractivity contribution is -0.148. The minimum absolute atomic E-state index is 0.140. The molecule has 0 saturated carbocycles. The van der Waals surface area contributed by atoms with E-state index in [-0.39, 0.29) is 25.3 Å². The van der Waals surface area contributed by atoms with E-state index < -0.39 is 18.1 Å². The van der Waals surface area contributed by atoms with E-state index in [1.807, 2.05) is 0 Å². The van der Waals surface area contributed by atoms with Gasteiger partial charge in [-0.25, -0.2) is 4.79 Å². The van der Waals surface area contributed by atoms with Crippen LogP contribution in [0.3, 0.4) is 0 Å². The summed E-state index contributed by atoms with van der Waals surface area (Å²) in [5.41, 5.74) is 0. The van der Waals surface area contributed by atoms with Crippen LogP contribution in [-0.4, -0.2) is 45.7 Å². The molecule has 5 nitrogen and oxygen atoms in total. The standard InChI is InChI=1S/C8H13NO4/c1-2-7(11)9-4-5(10)3-6(9)8(12)13/h5-6,10H,2-4H2,1H3,(H,12,13)/t5?,6-/m1/s1. The van der Waals surface area contributed by atoms with Gasteiger partial charge in [-0.1, -0.05) is 6.92 Å². The highest BCUT2D eigenvalue weighted by atomic mass is 16.4. The number of β-amino-alcohol motifs (C(OH)–C–C–N with tert-alkyl or cyclic N) is 1. The number of amides is 1. The number of aliphatic carboxylic acids is 1. The van der Waals surface area contributed by atoms with E-state index >= 15 is 0 Å². The summed E-state index contributed by atoms with van der Waals surface area (Å²) in [4.78, 5) is 23.1. The summed E-state index contributed by atoms with van der Waals surface area (Å²) < 4.78 is 0. The largest absolute Gasteiger partial charge is 0.480 e. The molecule has 1 rings (SSSR count). The lowest BCUT2D eigenvalue weighted by atomic mass is 10.2. The molecular weight excluding hydrogens is 174 g/mol. The first-order valence-corrected chi connectivity index (χ1v) is 4.26. The maximum absolute atomic E-state index is 11.2. The Morgan fingerprint density at radius 3 is 2.62 bits per heavy atom. The Morgan fingerprint density at radius 1 is 1.54 bits per heavy atom. The molecular formula is C8H13NO4. The molecule has 74 valence electrons. The fourth-order valence-corrected chi connectivity index (χ4v) is 1.53. The van der Waals surface area contributed by atoms with E-state index in [1.165, 1.54) is 4.90 Å². The summed E-state index contributed by atoms with van der Waals surface area (Å²) in [7, 11) is 0. The van der Waals surface area contributed by atoms with Crippen molar-refractivity contribution < 1.29 is 19.8 Å². The molecule has 0 spiro atoms. The number of hydrogen-bond donors (Lipinski definition) is 2. The van der Waals surface area contributed by atoms with Crippen LogP contribution in [0.25, 0.3) is 0 Å². The second kappa shape index (κ2) is 3.74. The number of rotatable bonds is 2. The van der Waals surface area contributed by atoms with Crippen LogP contribution in [0.4, 0.5) is 0 Å². The van der Waals surface area contributed by atoms with Crippen molar-refractivity contribution in [2.75, 3.05) is 6.54 Å². The lowest BCUT2D eigenvalue weighted by Crippen LogP contribution is -2.40. The van der Waals surface area contributed by atoms with E-state index in [0.29, 0.717) is 0 Å². The third-order valence-electron chi connectivity index (χ3n) is 2.19. The van der Waals surface area contributed by atoms with E-state index in [1.54, 1.807) is 6.92 Å². The number of likely N-dealkylation sites (tertiary alicyclic amines) is 1. The highest BCUT2D eigenvalue weighted by Crippen LogP contribution is 2.18. The molecule has 1 unspecified atom stereocenters. The maximum Gasteiger partial charge on any atom is 0.326 e. The summed E-state index contributed by atoms with van der Waals surface area (Å²) in [5, 5.41) is 17.9. The summed E-state index contributed by atoms with van der Waals surface area (Å²) in [6, 6.07) is -0.845. The van der Waals surface area contributed by atoms with Gasteiger partial charge in [0.2, 0.25) is 5.91 Å². The Labute approximate surface area is 76.0 Å². The number of hydrogen-bond acceptors (Lipinski definition) is 3. The predicted octanol–water partition coefficient (Wildman–Crippen LogP) is -0.557. The first-order valence-electron chi connectivity index (χ1n) is 4.26. The van der Waals surface area contributed by atoms with Crippen LogP contribution in [0.1, 0.15) is 19.8 Å². The molecule has 1 aliphatic heterocycles. The molecule has 0 aliphatic carbocycles. The van der Waals surface area contributed by atoms with Gasteiger partial charge < -0.3 is 15.1 Å². The quantitative estimate of drug-likeness (QED) is 0.607. The van der Waals surface area contributed by atoms with Crippen molar-refractivity contribution >= 4 is 11.9 Å². The second-order valence-electron chi connectivity index (χ2n) is 3.14. The molecule has 1 aliphatic rings. The third-order valence-corrected chi connectivity index (χ3v) is 2.19.